The Morgan fingerprint density at radius 3 is 2.47 bits per heavy atom. The first kappa shape index (κ1) is 31.8. The lowest BCUT2D eigenvalue weighted by Crippen LogP contribution is -2.38. The molecule has 1 saturated heterocycles. The Morgan fingerprint density at radius 2 is 1.80 bits per heavy atom. The minimum atomic E-state index is -4.39. The standard InChI is InChI=1S/C32H32F2N4O6S/c1-3-27(26-15-11-22(19-36-26)43-29-8-4-5-17-35-29)44-28-16-14-25(30(33)31(28)34)32(39)37-45(40,41)24-12-9-21(10-13-24)42-23-7-6-18-38(2)20-23/h4-5,8-17,19,23,27H,3,6-7,18,20H2,1-2H3,(H,37,39)/t23?,27-/m1/s1. The zero-order valence-corrected chi connectivity index (χ0v) is 25.5. The first-order valence-corrected chi connectivity index (χ1v) is 15.8. The van der Waals surface area contributed by atoms with E-state index in [1.54, 1.807) is 48.2 Å². The minimum Gasteiger partial charge on any atom is -0.489 e. The van der Waals surface area contributed by atoms with Gasteiger partial charge in [0, 0.05) is 18.8 Å². The molecule has 0 spiro atoms. The van der Waals surface area contributed by atoms with Crippen molar-refractivity contribution in [1.82, 2.24) is 19.6 Å². The molecular weight excluding hydrogens is 606 g/mol. The predicted molar refractivity (Wildman–Crippen MR) is 161 cm³/mol. The molecule has 236 valence electrons. The second-order valence-electron chi connectivity index (χ2n) is 10.5. The minimum absolute atomic E-state index is 0.0163. The molecule has 0 aliphatic carbocycles. The van der Waals surface area contributed by atoms with Crippen LogP contribution in [0.5, 0.6) is 23.1 Å². The van der Waals surface area contributed by atoms with Crippen LogP contribution in [0.25, 0.3) is 0 Å². The Balaban J connectivity index is 1.23. The van der Waals surface area contributed by atoms with Crippen LogP contribution in [0.15, 0.2) is 84.0 Å². The summed E-state index contributed by atoms with van der Waals surface area (Å²) in [6.45, 7) is 3.53. The van der Waals surface area contributed by atoms with Gasteiger partial charge in [0.05, 0.1) is 22.3 Å². The third-order valence-electron chi connectivity index (χ3n) is 7.13. The summed E-state index contributed by atoms with van der Waals surface area (Å²) < 4.78 is 74.9. The molecule has 2 atom stereocenters. The van der Waals surface area contributed by atoms with Gasteiger partial charge in [0.1, 0.15) is 23.7 Å². The van der Waals surface area contributed by atoms with Crippen LogP contribution < -0.4 is 18.9 Å². The Hall–Kier alpha value is -4.62. The summed E-state index contributed by atoms with van der Waals surface area (Å²) in [5, 5.41) is 0. The largest absolute Gasteiger partial charge is 0.489 e. The molecule has 1 amide bonds. The molecule has 1 aliphatic rings. The fourth-order valence-corrected chi connectivity index (χ4v) is 5.78. The summed E-state index contributed by atoms with van der Waals surface area (Å²) in [7, 11) is -2.39. The van der Waals surface area contributed by atoms with Crippen molar-refractivity contribution >= 4 is 15.9 Å². The molecule has 2 aromatic heterocycles. The third-order valence-corrected chi connectivity index (χ3v) is 8.47. The van der Waals surface area contributed by atoms with Gasteiger partial charge >= 0.3 is 0 Å². The normalized spacial score (nSPS) is 16.0. The van der Waals surface area contributed by atoms with Crippen LogP contribution in [-0.4, -0.2) is 55.4 Å². The van der Waals surface area contributed by atoms with Crippen molar-refractivity contribution in [2.24, 2.45) is 0 Å². The Morgan fingerprint density at radius 1 is 1.02 bits per heavy atom. The maximum absolute atomic E-state index is 15.1. The number of likely N-dealkylation sites (tertiary alicyclic amines) is 1. The molecule has 1 unspecified atom stereocenters. The SMILES string of the molecule is CC[C@@H](Oc1ccc(C(=O)NS(=O)(=O)c2ccc(OC3CCCN(C)C3)cc2)c(F)c1F)c1ccc(Oc2ccccn2)cn1. The van der Waals surface area contributed by atoms with E-state index < -0.39 is 45.0 Å². The summed E-state index contributed by atoms with van der Waals surface area (Å²) in [5.41, 5.74) is -0.368. The molecular formula is C32H32F2N4O6S. The Labute approximate surface area is 260 Å². The van der Waals surface area contributed by atoms with Crippen molar-refractivity contribution < 1.29 is 36.2 Å². The second-order valence-corrected chi connectivity index (χ2v) is 12.2. The monoisotopic (exact) mass is 638 g/mol. The summed E-state index contributed by atoms with van der Waals surface area (Å²) in [6, 6.07) is 16.0. The molecule has 45 heavy (non-hydrogen) atoms. The van der Waals surface area contributed by atoms with Crippen LogP contribution in [0, 0.1) is 11.6 Å². The number of rotatable bonds is 11. The average molecular weight is 639 g/mol. The number of hydrogen-bond donors (Lipinski definition) is 1. The number of ether oxygens (including phenoxy) is 3. The van der Waals surface area contributed by atoms with Crippen LogP contribution in [0.2, 0.25) is 0 Å². The van der Waals surface area contributed by atoms with Crippen molar-refractivity contribution in [2.75, 3.05) is 20.1 Å². The molecule has 1 aliphatic heterocycles. The maximum Gasteiger partial charge on any atom is 0.268 e. The molecule has 1 N–H and O–H groups in total. The van der Waals surface area contributed by atoms with Crippen LogP contribution >= 0.6 is 0 Å². The quantitative estimate of drug-likeness (QED) is 0.222. The molecule has 13 heteroatoms. The van der Waals surface area contributed by atoms with E-state index in [9.17, 15) is 13.2 Å². The summed E-state index contributed by atoms with van der Waals surface area (Å²) in [6.07, 6.45) is 4.51. The first-order valence-electron chi connectivity index (χ1n) is 14.3. The second kappa shape index (κ2) is 14.0. The van der Waals surface area contributed by atoms with E-state index in [0.29, 0.717) is 29.5 Å². The van der Waals surface area contributed by atoms with Crippen LogP contribution in [0.1, 0.15) is 48.3 Å². The first-order chi connectivity index (χ1) is 21.6. The molecule has 0 radical (unpaired) electrons. The molecule has 4 aromatic rings. The highest BCUT2D eigenvalue weighted by Crippen LogP contribution is 2.30. The number of pyridine rings is 2. The van der Waals surface area contributed by atoms with Crippen LogP contribution in [0.4, 0.5) is 8.78 Å². The van der Waals surface area contributed by atoms with E-state index in [1.807, 2.05) is 7.05 Å². The number of carbonyl (C=O) groups excluding carboxylic acids is 1. The van der Waals surface area contributed by atoms with Gasteiger partial charge < -0.3 is 19.1 Å². The fraction of sp³-hybridized carbons (Fsp3) is 0.281. The summed E-state index contributed by atoms with van der Waals surface area (Å²) >= 11 is 0. The van der Waals surface area contributed by atoms with E-state index >= 15 is 8.78 Å². The highest BCUT2D eigenvalue weighted by atomic mass is 32.2. The highest BCUT2D eigenvalue weighted by molar-refractivity contribution is 7.90. The summed E-state index contributed by atoms with van der Waals surface area (Å²) in [4.78, 5) is 23.1. The number of nitrogens with one attached hydrogen (secondary N) is 1. The van der Waals surface area contributed by atoms with Gasteiger partial charge in [-0.1, -0.05) is 13.0 Å². The van der Waals surface area contributed by atoms with Crippen molar-refractivity contribution in [3.05, 3.63) is 102 Å². The summed E-state index contributed by atoms with van der Waals surface area (Å²) in [5.74, 6) is -3.50. The number of nitrogens with zero attached hydrogens (tertiary/aromatic N) is 3. The van der Waals surface area contributed by atoms with Gasteiger partial charge in [-0.25, -0.2) is 22.5 Å². The van der Waals surface area contributed by atoms with Crippen LogP contribution in [-0.2, 0) is 10.0 Å². The smallest absolute Gasteiger partial charge is 0.268 e. The number of aromatic nitrogens is 2. The molecule has 0 saturated carbocycles. The lowest BCUT2D eigenvalue weighted by molar-refractivity contribution is 0.0976. The van der Waals surface area contributed by atoms with Gasteiger partial charge in [-0.2, -0.15) is 4.39 Å². The van der Waals surface area contributed by atoms with Gasteiger partial charge in [-0.3, -0.25) is 9.78 Å². The number of sulfonamides is 1. The van der Waals surface area contributed by atoms with E-state index in [2.05, 4.69) is 14.9 Å². The Bertz CT molecular complexity index is 1730. The molecule has 10 nitrogen and oxygen atoms in total. The fourth-order valence-electron chi connectivity index (χ4n) is 4.82. The van der Waals surface area contributed by atoms with Gasteiger partial charge in [-0.15, -0.1) is 0 Å². The molecule has 5 rings (SSSR count). The number of piperidine rings is 1. The third kappa shape index (κ3) is 7.91. The number of hydrogen-bond acceptors (Lipinski definition) is 9. The molecule has 1 fully saturated rings. The molecule has 2 aromatic carbocycles. The number of halogens is 2. The van der Waals surface area contributed by atoms with Gasteiger partial charge in [0.25, 0.3) is 15.9 Å². The van der Waals surface area contributed by atoms with Gasteiger partial charge in [0.15, 0.2) is 11.6 Å². The average Bonchev–Trinajstić information content (AvgIpc) is 3.03. The van der Waals surface area contributed by atoms with Crippen molar-refractivity contribution in [1.29, 1.82) is 0 Å². The van der Waals surface area contributed by atoms with Crippen molar-refractivity contribution in [2.45, 2.75) is 43.3 Å². The van der Waals surface area contributed by atoms with Gasteiger partial charge in [0.2, 0.25) is 11.7 Å². The van der Waals surface area contributed by atoms with E-state index in [0.717, 1.165) is 38.1 Å². The Kier molecular flexibility index (Phi) is 9.89. The van der Waals surface area contributed by atoms with E-state index in [1.165, 1.54) is 30.5 Å². The number of amides is 1. The number of likely N-dealkylation sites (N-methyl/N-ethyl adjacent to an activating group) is 1. The predicted octanol–water partition coefficient (Wildman–Crippen LogP) is 5.67. The maximum atomic E-state index is 15.1. The zero-order valence-electron chi connectivity index (χ0n) is 24.7. The van der Waals surface area contributed by atoms with Crippen molar-refractivity contribution in [3.63, 3.8) is 0 Å². The number of benzene rings is 2. The van der Waals surface area contributed by atoms with Gasteiger partial charge in [-0.05, 0) is 87.5 Å². The van der Waals surface area contributed by atoms with Crippen molar-refractivity contribution in [3.8, 4) is 23.1 Å². The highest BCUT2D eigenvalue weighted by Gasteiger charge is 2.26. The molecule has 3 heterocycles. The van der Waals surface area contributed by atoms with E-state index in [4.69, 9.17) is 14.2 Å². The number of carbonyl (C=O) groups is 1. The molecule has 0 bridgehead atoms. The van der Waals surface area contributed by atoms with E-state index in [-0.39, 0.29) is 11.0 Å². The lowest BCUT2D eigenvalue weighted by Gasteiger charge is -2.30. The topological polar surface area (TPSA) is 120 Å². The zero-order chi connectivity index (χ0) is 32.0. The van der Waals surface area contributed by atoms with Crippen LogP contribution in [0.3, 0.4) is 0 Å². The lowest BCUT2D eigenvalue weighted by atomic mass is 10.1.